The number of para-hydroxylation sites is 3. The Hall–Kier alpha value is -13.5. The third-order valence-corrected chi connectivity index (χ3v) is 25.6. The third kappa shape index (κ3) is 11.7. The van der Waals surface area contributed by atoms with E-state index in [0.29, 0.717) is 40.3 Å². The van der Waals surface area contributed by atoms with Crippen LogP contribution in [0.25, 0.3) is 101 Å². The van der Waals surface area contributed by atoms with Crippen LogP contribution in [0, 0.1) is 0 Å². The molecule has 0 saturated carbocycles. The lowest BCUT2D eigenvalue weighted by atomic mass is 9.94. The molecule has 0 aliphatic carbocycles. The van der Waals surface area contributed by atoms with Gasteiger partial charge >= 0.3 is 0 Å². The van der Waals surface area contributed by atoms with Gasteiger partial charge in [0.1, 0.15) is 0 Å². The van der Waals surface area contributed by atoms with Gasteiger partial charge in [-0.25, -0.2) is 29.9 Å². The molecular formula is C92H62N10O2P2. The lowest BCUT2D eigenvalue weighted by Crippen LogP contribution is -2.36. The molecule has 6 heterocycles. The van der Waals surface area contributed by atoms with Crippen molar-refractivity contribution >= 4 is 91.0 Å². The summed E-state index contributed by atoms with van der Waals surface area (Å²) in [4.78, 5) is 43.3. The highest BCUT2D eigenvalue weighted by molar-refractivity contribution is 7.86. The predicted octanol–water partition coefficient (Wildman–Crippen LogP) is 19.9. The zero-order valence-electron chi connectivity index (χ0n) is 57.0. The third-order valence-electron chi connectivity index (χ3n) is 19.4. The van der Waals surface area contributed by atoms with Crippen LogP contribution in [0.15, 0.2) is 377 Å². The molecule has 2 aliphatic rings. The van der Waals surface area contributed by atoms with E-state index in [1.54, 1.807) is 18.6 Å². The molecule has 12 nitrogen and oxygen atoms in total. The summed E-state index contributed by atoms with van der Waals surface area (Å²) >= 11 is 0. The number of benzene rings is 13. The average Bonchev–Trinajstić information content (AvgIpc) is 0.714. The first-order valence-corrected chi connectivity index (χ1v) is 38.3. The van der Waals surface area contributed by atoms with Crippen molar-refractivity contribution in [1.29, 1.82) is 0 Å². The standard InChI is InChI=1S/C49H33N4OP.C43H29N6OP/c54-55(38-23-11-4-12-24-38)45-28-16-15-27-43(45)53(37-21-9-3-10-22-37)44-32-29-36(33-46(44)55)39-30-31-42(41-26-14-13-25-40(39)41)49-51-47(34-17-5-1-6-18-34)50-48(52-49)35-19-7-2-8-20-35;50-51(35-19-11-4-12-20-35)39-27-32(22-24-37(39)49(34-17-9-3-10-18-34)38-25-26-44-29-40(38)51)36-23-21-33(28-45-36)43-47-41(30-13-5-1-6-14-30)46-42(48-43)31-15-7-2-8-16-31/h1-33H;1-29H. The van der Waals surface area contributed by atoms with Gasteiger partial charge in [-0.1, -0.05) is 273 Å². The summed E-state index contributed by atoms with van der Waals surface area (Å²) in [5.41, 5.74) is 14.5. The number of aromatic nitrogens is 8. The molecule has 17 aromatic rings. The van der Waals surface area contributed by atoms with Gasteiger partial charge in [0.15, 0.2) is 49.2 Å². The molecule has 0 fully saturated rings. The van der Waals surface area contributed by atoms with Crippen molar-refractivity contribution in [3.8, 4) is 90.7 Å². The predicted molar refractivity (Wildman–Crippen MR) is 432 cm³/mol. The summed E-state index contributed by atoms with van der Waals surface area (Å²) < 4.78 is 31.7. The Bertz CT molecular complexity index is 6100. The van der Waals surface area contributed by atoms with Crippen LogP contribution < -0.4 is 41.6 Å². The number of nitrogens with zero attached hydrogens (tertiary/aromatic N) is 10. The second kappa shape index (κ2) is 27.7. The van der Waals surface area contributed by atoms with Gasteiger partial charge in [0.2, 0.25) is 0 Å². The van der Waals surface area contributed by atoms with E-state index >= 15 is 9.13 Å². The van der Waals surface area contributed by atoms with E-state index in [0.717, 1.165) is 127 Å². The summed E-state index contributed by atoms with van der Waals surface area (Å²) in [5, 5.41) is 6.71. The molecule has 0 spiro atoms. The summed E-state index contributed by atoms with van der Waals surface area (Å²) in [7, 11) is -6.64. The molecule has 0 N–H and O–H groups in total. The monoisotopic (exact) mass is 1400 g/mol. The van der Waals surface area contributed by atoms with Gasteiger partial charge in [-0.3, -0.25) is 9.97 Å². The van der Waals surface area contributed by atoms with E-state index in [-0.39, 0.29) is 0 Å². The number of rotatable bonds is 12. The summed E-state index contributed by atoms with van der Waals surface area (Å²) in [6.45, 7) is 0. The zero-order valence-corrected chi connectivity index (χ0v) is 58.8. The highest BCUT2D eigenvalue weighted by atomic mass is 31.2. The van der Waals surface area contributed by atoms with E-state index < -0.39 is 14.3 Å². The lowest BCUT2D eigenvalue weighted by Gasteiger charge is -2.38. The van der Waals surface area contributed by atoms with Gasteiger partial charge in [0.05, 0.1) is 33.7 Å². The maximum absolute atomic E-state index is 16.0. The van der Waals surface area contributed by atoms with E-state index in [1.807, 2.05) is 267 Å². The van der Waals surface area contributed by atoms with Crippen molar-refractivity contribution in [3.05, 3.63) is 377 Å². The summed E-state index contributed by atoms with van der Waals surface area (Å²) in [6.07, 6.45) is 5.30. The second-order valence-corrected chi connectivity index (χ2v) is 31.1. The van der Waals surface area contributed by atoms with Crippen molar-refractivity contribution in [3.63, 3.8) is 0 Å². The largest absolute Gasteiger partial charge is 0.309 e. The highest BCUT2D eigenvalue weighted by Gasteiger charge is 2.43. The van der Waals surface area contributed by atoms with Crippen LogP contribution in [-0.4, -0.2) is 39.9 Å². The first-order chi connectivity index (χ1) is 52.3. The first kappa shape index (κ1) is 64.6. The fraction of sp³-hybridized carbons (Fsp3) is 0. The molecule has 502 valence electrons. The van der Waals surface area contributed by atoms with Crippen LogP contribution >= 0.6 is 14.3 Å². The van der Waals surface area contributed by atoms with Crippen molar-refractivity contribution < 1.29 is 9.13 Å². The Morgan fingerprint density at radius 2 is 0.604 bits per heavy atom. The average molecular weight is 1400 g/mol. The molecule has 2 atom stereocenters. The topological polar surface area (TPSA) is 144 Å². The molecule has 2 aliphatic heterocycles. The number of hydrogen-bond acceptors (Lipinski definition) is 12. The number of pyridine rings is 2. The highest BCUT2D eigenvalue weighted by Crippen LogP contribution is 2.56. The number of fused-ring (bicyclic) bond motifs is 5. The minimum absolute atomic E-state index is 0.531. The summed E-state index contributed by atoms with van der Waals surface area (Å²) in [6, 6.07) is 119. The number of hydrogen-bond donors (Lipinski definition) is 0. The molecule has 2 unspecified atom stereocenters. The van der Waals surface area contributed by atoms with Crippen LogP contribution in [0.3, 0.4) is 0 Å². The molecule has 0 radical (unpaired) electrons. The molecule has 106 heavy (non-hydrogen) atoms. The van der Waals surface area contributed by atoms with Crippen LogP contribution in [-0.2, 0) is 9.13 Å². The van der Waals surface area contributed by atoms with Crippen LogP contribution in [0.2, 0.25) is 0 Å². The van der Waals surface area contributed by atoms with E-state index in [1.165, 1.54) is 0 Å². The van der Waals surface area contributed by atoms with Gasteiger partial charge in [0.25, 0.3) is 0 Å². The zero-order chi connectivity index (χ0) is 71.0. The molecule has 0 bridgehead atoms. The van der Waals surface area contributed by atoms with Crippen LogP contribution in [0.5, 0.6) is 0 Å². The van der Waals surface area contributed by atoms with Gasteiger partial charge in [-0.2, -0.15) is 0 Å². The Morgan fingerprint density at radius 3 is 1.08 bits per heavy atom. The Balaban J connectivity index is 0.000000151. The van der Waals surface area contributed by atoms with Gasteiger partial charge in [0, 0.05) is 95.4 Å². The first-order valence-electron chi connectivity index (χ1n) is 34.9. The van der Waals surface area contributed by atoms with Crippen molar-refractivity contribution in [2.24, 2.45) is 0 Å². The quantitative estimate of drug-likeness (QED) is 0.107. The Labute approximate surface area is 613 Å². The molecule has 0 amide bonds. The van der Waals surface area contributed by atoms with Crippen molar-refractivity contribution in [1.82, 2.24) is 39.9 Å². The molecule has 0 saturated heterocycles. The van der Waals surface area contributed by atoms with E-state index in [9.17, 15) is 0 Å². The normalized spacial score (nSPS) is 14.7. The Morgan fingerprint density at radius 1 is 0.245 bits per heavy atom. The Kier molecular flexibility index (Phi) is 16.9. The number of anilines is 6. The van der Waals surface area contributed by atoms with Crippen LogP contribution in [0.1, 0.15) is 0 Å². The molecule has 13 aromatic carbocycles. The molecule has 14 heteroatoms. The minimum Gasteiger partial charge on any atom is -0.309 e. The maximum Gasteiger partial charge on any atom is 0.176 e. The molecule has 4 aromatic heterocycles. The van der Waals surface area contributed by atoms with Crippen LogP contribution in [0.4, 0.5) is 34.1 Å². The molecule has 19 rings (SSSR count). The van der Waals surface area contributed by atoms with E-state index in [2.05, 4.69) is 106 Å². The summed E-state index contributed by atoms with van der Waals surface area (Å²) in [5.74, 6) is 3.55. The second-order valence-electron chi connectivity index (χ2n) is 25.7. The van der Waals surface area contributed by atoms with Gasteiger partial charge < -0.3 is 18.9 Å². The minimum atomic E-state index is -3.34. The lowest BCUT2D eigenvalue weighted by molar-refractivity contribution is 0.591. The fourth-order valence-electron chi connectivity index (χ4n) is 14.4. The fourth-order valence-corrected chi connectivity index (χ4v) is 20.3. The van der Waals surface area contributed by atoms with Crippen molar-refractivity contribution in [2.75, 3.05) is 9.80 Å². The maximum atomic E-state index is 16.0. The van der Waals surface area contributed by atoms with Crippen molar-refractivity contribution in [2.45, 2.75) is 0 Å². The SMILES string of the molecule is O=P1(c2ccccc2)c2ccccc2N(c2ccccc2)c2ccc(-c3ccc(-c4nc(-c5ccccc5)nc(-c5ccccc5)n4)c4ccccc34)cc21.O=P1(c2ccccc2)c2cnccc2N(c2ccccc2)c2ccc(-c3ccc(-c4nc(-c5ccccc5)nc(-c5ccccc5)n4)cn3)cc21. The molecular weight excluding hydrogens is 1340 g/mol. The smallest absolute Gasteiger partial charge is 0.176 e. The van der Waals surface area contributed by atoms with E-state index in [4.69, 9.17) is 34.9 Å². The van der Waals surface area contributed by atoms with Gasteiger partial charge in [-0.15, -0.1) is 0 Å². The van der Waals surface area contributed by atoms with Gasteiger partial charge in [-0.05, 0) is 107 Å².